The Morgan fingerprint density at radius 1 is 1.29 bits per heavy atom. The Morgan fingerprint density at radius 2 is 1.93 bits per heavy atom. The van der Waals surface area contributed by atoms with Gasteiger partial charge in [0.25, 0.3) is 0 Å². The first-order valence-electron chi connectivity index (χ1n) is 4.75. The third-order valence-electron chi connectivity index (χ3n) is 2.62. The van der Waals surface area contributed by atoms with E-state index in [2.05, 4.69) is 10.6 Å². The van der Waals surface area contributed by atoms with Crippen LogP contribution in [0.25, 0.3) is 0 Å². The van der Waals surface area contributed by atoms with Gasteiger partial charge in [-0.05, 0) is 6.42 Å². The van der Waals surface area contributed by atoms with E-state index < -0.39 is 0 Å². The molecule has 2 N–H and O–H groups in total. The molecule has 0 radical (unpaired) electrons. The number of amides is 4. The molecular weight excluding hydrogens is 184 g/mol. The summed E-state index contributed by atoms with van der Waals surface area (Å²) in [5.41, 5.74) is 0. The molecule has 4 amide bonds. The highest BCUT2D eigenvalue weighted by Crippen LogP contribution is 2.21. The molecule has 2 atom stereocenters. The highest BCUT2D eigenvalue weighted by atomic mass is 16.2. The smallest absolute Gasteiger partial charge is 0.314 e. The number of nitrogens with zero attached hydrogens (tertiary/aromatic N) is 2. The lowest BCUT2D eigenvalue weighted by atomic mass is 10.3. The molecule has 14 heavy (non-hydrogen) atoms. The summed E-state index contributed by atoms with van der Waals surface area (Å²) in [6.45, 7) is 2.68. The van der Waals surface area contributed by atoms with Crippen molar-refractivity contribution in [3.8, 4) is 0 Å². The first-order valence-corrected chi connectivity index (χ1v) is 4.75. The zero-order valence-corrected chi connectivity index (χ0v) is 8.28. The molecule has 0 aromatic heterocycles. The van der Waals surface area contributed by atoms with Crippen molar-refractivity contribution in [1.29, 1.82) is 0 Å². The fourth-order valence-electron chi connectivity index (χ4n) is 1.94. The van der Waals surface area contributed by atoms with E-state index in [0.29, 0.717) is 6.54 Å². The van der Waals surface area contributed by atoms with Gasteiger partial charge in [-0.1, -0.05) is 6.92 Å². The van der Waals surface area contributed by atoms with Gasteiger partial charge < -0.3 is 20.4 Å². The Kier molecular flexibility index (Phi) is 1.98. The maximum Gasteiger partial charge on any atom is 0.323 e. The molecule has 6 nitrogen and oxygen atoms in total. The molecule has 0 spiro atoms. The molecular formula is C8H14N4O2. The molecule has 0 unspecified atom stereocenters. The zero-order chi connectivity index (χ0) is 10.3. The van der Waals surface area contributed by atoms with Gasteiger partial charge in [0.2, 0.25) is 0 Å². The minimum Gasteiger partial charge on any atom is -0.314 e. The minimum absolute atomic E-state index is 0.0330. The average molecular weight is 198 g/mol. The molecule has 2 aliphatic rings. The summed E-state index contributed by atoms with van der Waals surface area (Å²) < 4.78 is 0. The van der Waals surface area contributed by atoms with Crippen LogP contribution in [0.15, 0.2) is 0 Å². The number of rotatable bonds is 2. The van der Waals surface area contributed by atoms with Crippen LogP contribution in [0.3, 0.4) is 0 Å². The van der Waals surface area contributed by atoms with Crippen molar-refractivity contribution in [2.75, 3.05) is 13.6 Å². The largest absolute Gasteiger partial charge is 0.323 e. The monoisotopic (exact) mass is 198 g/mol. The Labute approximate surface area is 82.2 Å². The van der Waals surface area contributed by atoms with Crippen molar-refractivity contribution < 1.29 is 9.59 Å². The van der Waals surface area contributed by atoms with E-state index in [-0.39, 0.29) is 24.4 Å². The fraction of sp³-hybridized carbons (Fsp3) is 0.750. The molecule has 2 rings (SSSR count). The molecule has 2 heterocycles. The molecule has 2 fully saturated rings. The van der Waals surface area contributed by atoms with Crippen LogP contribution < -0.4 is 10.6 Å². The summed E-state index contributed by atoms with van der Waals surface area (Å²) in [5, 5.41) is 5.42. The van der Waals surface area contributed by atoms with Gasteiger partial charge >= 0.3 is 12.1 Å². The van der Waals surface area contributed by atoms with Crippen LogP contribution in [0.4, 0.5) is 9.59 Å². The van der Waals surface area contributed by atoms with E-state index in [0.717, 1.165) is 6.42 Å². The summed E-state index contributed by atoms with van der Waals surface area (Å²) >= 11 is 0. The van der Waals surface area contributed by atoms with E-state index in [1.807, 2.05) is 6.92 Å². The number of nitrogens with one attached hydrogen (secondary N) is 2. The quantitative estimate of drug-likeness (QED) is 0.641. The van der Waals surface area contributed by atoms with E-state index in [1.54, 1.807) is 16.8 Å². The van der Waals surface area contributed by atoms with Crippen molar-refractivity contribution in [2.24, 2.45) is 0 Å². The van der Waals surface area contributed by atoms with E-state index in [4.69, 9.17) is 0 Å². The second-order valence-electron chi connectivity index (χ2n) is 3.59. The van der Waals surface area contributed by atoms with Crippen molar-refractivity contribution >= 4 is 12.1 Å². The number of fused-ring (bicyclic) bond motifs is 1. The average Bonchev–Trinajstić information content (AvgIpc) is 2.61. The van der Waals surface area contributed by atoms with E-state index in [9.17, 15) is 9.59 Å². The molecule has 78 valence electrons. The van der Waals surface area contributed by atoms with Crippen LogP contribution in [0.1, 0.15) is 13.3 Å². The Hall–Kier alpha value is -1.46. The molecule has 0 aromatic rings. The summed E-state index contributed by atoms with van der Waals surface area (Å²) in [6, 6.07) is -0.241. The fourth-order valence-corrected chi connectivity index (χ4v) is 1.94. The number of carbonyl (C=O) groups is 2. The Balaban J connectivity index is 2.18. The second kappa shape index (κ2) is 3.04. The van der Waals surface area contributed by atoms with Crippen molar-refractivity contribution in [3.05, 3.63) is 0 Å². The van der Waals surface area contributed by atoms with Crippen LogP contribution in [0.5, 0.6) is 0 Å². The van der Waals surface area contributed by atoms with Crippen LogP contribution in [-0.4, -0.2) is 47.8 Å². The molecule has 0 aromatic carbocycles. The number of hydrogen-bond acceptors (Lipinski definition) is 2. The van der Waals surface area contributed by atoms with Gasteiger partial charge in [-0.3, -0.25) is 0 Å². The Bertz CT molecular complexity index is 281. The van der Waals surface area contributed by atoms with Crippen LogP contribution in [0.2, 0.25) is 0 Å². The second-order valence-corrected chi connectivity index (χ2v) is 3.59. The molecule has 2 aliphatic heterocycles. The van der Waals surface area contributed by atoms with Crippen LogP contribution >= 0.6 is 0 Å². The first kappa shape index (κ1) is 9.11. The van der Waals surface area contributed by atoms with Gasteiger partial charge in [-0.15, -0.1) is 0 Å². The maximum atomic E-state index is 11.7. The van der Waals surface area contributed by atoms with Gasteiger partial charge in [-0.25, -0.2) is 9.59 Å². The lowest BCUT2D eigenvalue weighted by molar-refractivity contribution is 0.184. The molecule has 2 saturated heterocycles. The molecule has 0 saturated carbocycles. The number of likely N-dealkylation sites (N-methyl/N-ethyl adjacent to an activating group) is 1. The van der Waals surface area contributed by atoms with Crippen LogP contribution in [0, 0.1) is 0 Å². The molecule has 6 heteroatoms. The van der Waals surface area contributed by atoms with Gasteiger partial charge in [0.15, 0.2) is 0 Å². The standard InChI is InChI=1S/C8H14N4O2/c1-3-4-12-6-5(9-7(13)10-6)11(2)8(12)14/h5-6H,3-4H2,1-2H3,(H2,9,10,13)/t5-,6+/m1/s1. The highest BCUT2D eigenvalue weighted by Gasteiger charge is 2.48. The summed E-state index contributed by atoms with van der Waals surface area (Å²) in [5.74, 6) is 0. The van der Waals surface area contributed by atoms with E-state index in [1.165, 1.54) is 0 Å². The minimum atomic E-state index is -0.221. The maximum absolute atomic E-state index is 11.7. The highest BCUT2D eigenvalue weighted by molar-refractivity contribution is 5.84. The van der Waals surface area contributed by atoms with Crippen LogP contribution in [-0.2, 0) is 0 Å². The van der Waals surface area contributed by atoms with Crippen molar-refractivity contribution in [3.63, 3.8) is 0 Å². The topological polar surface area (TPSA) is 64.7 Å². The van der Waals surface area contributed by atoms with Gasteiger partial charge in [0.1, 0.15) is 12.3 Å². The van der Waals surface area contributed by atoms with Crippen molar-refractivity contribution in [1.82, 2.24) is 20.4 Å². The lowest BCUT2D eigenvalue weighted by Crippen LogP contribution is -2.43. The third kappa shape index (κ3) is 1.10. The number of urea groups is 2. The normalized spacial score (nSPS) is 30.4. The summed E-state index contributed by atoms with van der Waals surface area (Å²) in [4.78, 5) is 26.0. The summed E-state index contributed by atoms with van der Waals surface area (Å²) in [7, 11) is 1.70. The van der Waals surface area contributed by atoms with E-state index >= 15 is 0 Å². The van der Waals surface area contributed by atoms with Gasteiger partial charge in [-0.2, -0.15) is 0 Å². The number of carbonyl (C=O) groups excluding carboxylic acids is 2. The van der Waals surface area contributed by atoms with Crippen molar-refractivity contribution in [2.45, 2.75) is 25.7 Å². The summed E-state index contributed by atoms with van der Waals surface area (Å²) in [6.07, 6.45) is 0.458. The first-order chi connectivity index (χ1) is 6.65. The predicted octanol–water partition coefficient (Wildman–Crippen LogP) is -0.271. The SMILES string of the molecule is CCCN1C(=O)N(C)[C@H]2NC(=O)N[C@H]21. The Morgan fingerprint density at radius 3 is 2.57 bits per heavy atom. The number of hydrogen-bond donors (Lipinski definition) is 2. The zero-order valence-electron chi connectivity index (χ0n) is 8.28. The predicted molar refractivity (Wildman–Crippen MR) is 49.4 cm³/mol. The van der Waals surface area contributed by atoms with Gasteiger partial charge in [0.05, 0.1) is 0 Å². The third-order valence-corrected chi connectivity index (χ3v) is 2.62. The molecule has 0 aliphatic carbocycles. The van der Waals surface area contributed by atoms with Gasteiger partial charge in [0, 0.05) is 13.6 Å². The lowest BCUT2D eigenvalue weighted by Gasteiger charge is -2.19. The molecule has 0 bridgehead atoms.